The lowest BCUT2D eigenvalue weighted by atomic mass is 9.92. The first-order valence-electron chi connectivity index (χ1n) is 5.25. The molecule has 0 radical (unpaired) electrons. The van der Waals surface area contributed by atoms with E-state index < -0.39 is 0 Å². The third kappa shape index (κ3) is 4.34. The van der Waals surface area contributed by atoms with E-state index in [0.717, 1.165) is 5.75 Å². The molecule has 0 atom stereocenters. The van der Waals surface area contributed by atoms with Gasteiger partial charge in [-0.15, -0.1) is 0 Å². The number of ether oxygens (including phenoxy) is 2. The lowest BCUT2D eigenvalue weighted by molar-refractivity contribution is -0.136. The second kappa shape index (κ2) is 5.01. The van der Waals surface area contributed by atoms with Gasteiger partial charge in [0.2, 0.25) is 0 Å². The van der Waals surface area contributed by atoms with E-state index in [-0.39, 0.29) is 11.4 Å². The van der Waals surface area contributed by atoms with Crippen molar-refractivity contribution >= 4 is 5.97 Å². The van der Waals surface area contributed by atoms with E-state index in [0.29, 0.717) is 12.2 Å². The fraction of sp³-hybridized carbons (Fsp3) is 0.462. The van der Waals surface area contributed by atoms with Crippen LogP contribution in [0.3, 0.4) is 0 Å². The van der Waals surface area contributed by atoms with E-state index >= 15 is 0 Å². The molecule has 1 rings (SSSR count). The molecule has 0 unspecified atom stereocenters. The Labute approximate surface area is 96.4 Å². The normalized spacial score (nSPS) is 11.0. The van der Waals surface area contributed by atoms with E-state index in [1.807, 2.05) is 20.8 Å². The van der Waals surface area contributed by atoms with Crippen LogP contribution in [0.15, 0.2) is 24.3 Å². The van der Waals surface area contributed by atoms with Crippen molar-refractivity contribution in [2.24, 2.45) is 5.41 Å². The number of hydrogen-bond acceptors (Lipinski definition) is 3. The quantitative estimate of drug-likeness (QED) is 0.582. The molecular weight excluding hydrogens is 204 g/mol. The molecule has 3 nitrogen and oxygen atoms in total. The zero-order valence-corrected chi connectivity index (χ0v) is 10.2. The first-order chi connectivity index (χ1) is 7.40. The van der Waals surface area contributed by atoms with Crippen LogP contribution in [0.1, 0.15) is 27.2 Å². The van der Waals surface area contributed by atoms with Crippen LogP contribution < -0.4 is 9.47 Å². The van der Waals surface area contributed by atoms with Gasteiger partial charge in [-0.25, -0.2) is 0 Å². The third-order valence-electron chi connectivity index (χ3n) is 1.97. The van der Waals surface area contributed by atoms with Gasteiger partial charge < -0.3 is 9.47 Å². The molecule has 0 heterocycles. The van der Waals surface area contributed by atoms with Gasteiger partial charge in [-0.3, -0.25) is 4.79 Å². The number of esters is 1. The van der Waals surface area contributed by atoms with Crippen LogP contribution in [0.5, 0.6) is 11.5 Å². The van der Waals surface area contributed by atoms with Gasteiger partial charge in [-0.2, -0.15) is 0 Å². The molecule has 1 aromatic carbocycles. The molecule has 16 heavy (non-hydrogen) atoms. The lowest BCUT2D eigenvalue weighted by Crippen LogP contribution is -2.17. The minimum absolute atomic E-state index is 0.0520. The maximum Gasteiger partial charge on any atom is 0.311 e. The highest BCUT2D eigenvalue weighted by molar-refractivity contribution is 5.73. The van der Waals surface area contributed by atoms with E-state index in [4.69, 9.17) is 9.47 Å². The summed E-state index contributed by atoms with van der Waals surface area (Å²) >= 11 is 0. The van der Waals surface area contributed by atoms with Crippen molar-refractivity contribution < 1.29 is 14.3 Å². The highest BCUT2D eigenvalue weighted by Crippen LogP contribution is 2.21. The van der Waals surface area contributed by atoms with Gasteiger partial charge >= 0.3 is 5.97 Å². The van der Waals surface area contributed by atoms with E-state index in [2.05, 4.69) is 0 Å². The fourth-order valence-corrected chi connectivity index (χ4v) is 1.24. The van der Waals surface area contributed by atoms with Crippen molar-refractivity contribution in [2.45, 2.75) is 27.2 Å². The second-order valence-electron chi connectivity index (χ2n) is 4.89. The molecule has 0 aromatic heterocycles. The van der Waals surface area contributed by atoms with Crippen LogP contribution in [0.25, 0.3) is 0 Å². The highest BCUT2D eigenvalue weighted by atomic mass is 16.5. The Morgan fingerprint density at radius 3 is 2.06 bits per heavy atom. The molecule has 0 N–H and O–H groups in total. The van der Waals surface area contributed by atoms with Crippen molar-refractivity contribution in [1.29, 1.82) is 0 Å². The van der Waals surface area contributed by atoms with Crippen LogP contribution in [0.4, 0.5) is 0 Å². The van der Waals surface area contributed by atoms with Gasteiger partial charge in [-0.05, 0) is 29.7 Å². The molecule has 0 spiro atoms. The van der Waals surface area contributed by atoms with Crippen LogP contribution in [-0.4, -0.2) is 13.1 Å². The zero-order chi connectivity index (χ0) is 12.2. The summed E-state index contributed by atoms with van der Waals surface area (Å²) in [6, 6.07) is 6.97. The molecule has 0 fully saturated rings. The number of methoxy groups -OCH3 is 1. The first kappa shape index (κ1) is 12.6. The van der Waals surface area contributed by atoms with Crippen molar-refractivity contribution in [2.75, 3.05) is 7.11 Å². The van der Waals surface area contributed by atoms with Gasteiger partial charge in [0.05, 0.1) is 13.5 Å². The fourth-order valence-electron chi connectivity index (χ4n) is 1.24. The summed E-state index contributed by atoms with van der Waals surface area (Å²) in [4.78, 5) is 11.5. The molecule has 88 valence electrons. The summed E-state index contributed by atoms with van der Waals surface area (Å²) in [5, 5.41) is 0. The standard InChI is InChI=1S/C13H18O3/c1-13(2,3)9-12(14)16-11-7-5-10(15-4)6-8-11/h5-8H,9H2,1-4H3. The van der Waals surface area contributed by atoms with Gasteiger partial charge in [0.15, 0.2) is 0 Å². The van der Waals surface area contributed by atoms with E-state index in [1.54, 1.807) is 31.4 Å². The molecule has 3 heteroatoms. The van der Waals surface area contributed by atoms with Gasteiger partial charge in [0, 0.05) is 0 Å². The molecule has 0 aliphatic rings. The average molecular weight is 222 g/mol. The third-order valence-corrected chi connectivity index (χ3v) is 1.97. The molecule has 0 aliphatic heterocycles. The second-order valence-corrected chi connectivity index (χ2v) is 4.89. The van der Waals surface area contributed by atoms with Crippen LogP contribution in [-0.2, 0) is 4.79 Å². The zero-order valence-electron chi connectivity index (χ0n) is 10.2. The molecule has 0 saturated carbocycles. The monoisotopic (exact) mass is 222 g/mol. The van der Waals surface area contributed by atoms with Crippen molar-refractivity contribution in [3.05, 3.63) is 24.3 Å². The molecule has 0 saturated heterocycles. The van der Waals surface area contributed by atoms with Gasteiger partial charge in [0.1, 0.15) is 11.5 Å². The predicted molar refractivity (Wildman–Crippen MR) is 62.7 cm³/mol. The summed E-state index contributed by atoms with van der Waals surface area (Å²) in [7, 11) is 1.60. The van der Waals surface area contributed by atoms with Crippen LogP contribution in [0.2, 0.25) is 0 Å². The molecule has 0 bridgehead atoms. The largest absolute Gasteiger partial charge is 0.497 e. The van der Waals surface area contributed by atoms with Crippen molar-refractivity contribution in [1.82, 2.24) is 0 Å². The van der Waals surface area contributed by atoms with E-state index in [9.17, 15) is 4.79 Å². The highest BCUT2D eigenvalue weighted by Gasteiger charge is 2.17. The molecule has 0 aliphatic carbocycles. The maximum atomic E-state index is 11.5. The summed E-state index contributed by atoms with van der Waals surface area (Å²) in [6.45, 7) is 6.01. The number of benzene rings is 1. The summed E-state index contributed by atoms with van der Waals surface area (Å²) in [5.74, 6) is 1.09. The SMILES string of the molecule is COc1ccc(OC(=O)CC(C)(C)C)cc1. The Kier molecular flexibility index (Phi) is 3.93. The van der Waals surface area contributed by atoms with Gasteiger partial charge in [0.25, 0.3) is 0 Å². The average Bonchev–Trinajstić information content (AvgIpc) is 2.16. The maximum absolute atomic E-state index is 11.5. The Balaban J connectivity index is 2.56. The number of carbonyl (C=O) groups is 1. The number of rotatable bonds is 3. The minimum atomic E-state index is -0.210. The molecule has 1 aromatic rings. The number of carbonyl (C=O) groups excluding carboxylic acids is 1. The minimum Gasteiger partial charge on any atom is -0.497 e. The summed E-state index contributed by atoms with van der Waals surface area (Å²) in [6.07, 6.45) is 0.402. The first-order valence-corrected chi connectivity index (χ1v) is 5.25. The van der Waals surface area contributed by atoms with Crippen LogP contribution >= 0.6 is 0 Å². The molecule has 0 amide bonds. The van der Waals surface area contributed by atoms with Crippen molar-refractivity contribution in [3.8, 4) is 11.5 Å². The van der Waals surface area contributed by atoms with Gasteiger partial charge in [-0.1, -0.05) is 20.8 Å². The van der Waals surface area contributed by atoms with E-state index in [1.165, 1.54) is 0 Å². The summed E-state index contributed by atoms with van der Waals surface area (Å²) < 4.78 is 10.2. The topological polar surface area (TPSA) is 35.5 Å². The lowest BCUT2D eigenvalue weighted by Gasteiger charge is -2.16. The Morgan fingerprint density at radius 1 is 1.12 bits per heavy atom. The Bertz CT molecular complexity index is 346. The predicted octanol–water partition coefficient (Wildman–Crippen LogP) is 3.04. The molecular formula is C13H18O3. The van der Waals surface area contributed by atoms with Crippen LogP contribution in [0, 0.1) is 5.41 Å². The Hall–Kier alpha value is -1.51. The number of hydrogen-bond donors (Lipinski definition) is 0. The Morgan fingerprint density at radius 2 is 1.62 bits per heavy atom. The smallest absolute Gasteiger partial charge is 0.311 e. The van der Waals surface area contributed by atoms with Crippen molar-refractivity contribution in [3.63, 3.8) is 0 Å². The summed E-state index contributed by atoms with van der Waals surface area (Å²) in [5.41, 5.74) is -0.0520.